The lowest BCUT2D eigenvalue weighted by Crippen LogP contribution is -2.46. The largest absolute Gasteiger partial charge is 0.618 e. The molecule has 1 aromatic heterocycles. The lowest BCUT2D eigenvalue weighted by atomic mass is 10.1. The molecular formula is C11H16N2O4. The van der Waals surface area contributed by atoms with E-state index in [0.29, 0.717) is 11.2 Å². The molecule has 0 saturated carbocycles. The predicted octanol–water partition coefficient (Wildman–Crippen LogP) is 0.467. The van der Waals surface area contributed by atoms with Gasteiger partial charge in [-0.2, -0.15) is 4.73 Å². The van der Waals surface area contributed by atoms with Crippen molar-refractivity contribution in [3.63, 3.8) is 0 Å². The van der Waals surface area contributed by atoms with Crippen molar-refractivity contribution in [3.05, 3.63) is 32.6 Å². The van der Waals surface area contributed by atoms with E-state index >= 15 is 0 Å². The summed E-state index contributed by atoms with van der Waals surface area (Å²) in [6.45, 7) is 5.44. The van der Waals surface area contributed by atoms with Gasteiger partial charge in [-0.25, -0.2) is 4.79 Å². The molecule has 0 aromatic carbocycles. The highest BCUT2D eigenvalue weighted by Gasteiger charge is 2.24. The van der Waals surface area contributed by atoms with Crippen molar-refractivity contribution < 1.29 is 14.6 Å². The molecule has 1 aromatic rings. The van der Waals surface area contributed by atoms with E-state index in [9.17, 15) is 14.8 Å². The molecule has 0 aliphatic carbocycles. The van der Waals surface area contributed by atoms with Gasteiger partial charge in [0.25, 0.3) is 5.69 Å². The van der Waals surface area contributed by atoms with Crippen molar-refractivity contribution in [2.24, 2.45) is 5.92 Å². The standard InChI is InChI=1S/C11H16N2O4/c1-4-7-9(11(15)16)12-10(14)8(13(7)17)5-6(2)3/h6H,4-5H2,1-3H3,(H,12,14)(H,15,16). The Balaban J connectivity index is 3.46. The highest BCUT2D eigenvalue weighted by Crippen LogP contribution is 2.04. The Kier molecular flexibility index (Phi) is 3.88. The number of aromatic amines is 1. The first-order chi connectivity index (χ1) is 7.88. The Hall–Kier alpha value is -1.85. The second kappa shape index (κ2) is 4.99. The fourth-order valence-corrected chi connectivity index (χ4v) is 1.67. The molecule has 0 unspecified atom stereocenters. The Morgan fingerprint density at radius 1 is 1.47 bits per heavy atom. The molecule has 2 N–H and O–H groups in total. The quantitative estimate of drug-likeness (QED) is 0.590. The van der Waals surface area contributed by atoms with Gasteiger partial charge in [-0.05, 0) is 5.92 Å². The molecule has 0 saturated heterocycles. The first kappa shape index (κ1) is 13.2. The molecule has 0 amide bonds. The van der Waals surface area contributed by atoms with Crippen LogP contribution < -0.4 is 10.3 Å². The maximum Gasteiger partial charge on any atom is 0.359 e. The van der Waals surface area contributed by atoms with Gasteiger partial charge in [-0.15, -0.1) is 0 Å². The molecule has 1 heterocycles. The summed E-state index contributed by atoms with van der Waals surface area (Å²) in [5.41, 5.74) is -0.780. The number of rotatable bonds is 4. The molecule has 6 nitrogen and oxygen atoms in total. The van der Waals surface area contributed by atoms with E-state index in [1.165, 1.54) is 0 Å². The third-order valence-corrected chi connectivity index (χ3v) is 2.43. The average Bonchev–Trinajstić information content (AvgIpc) is 2.23. The van der Waals surface area contributed by atoms with Crippen molar-refractivity contribution in [1.29, 1.82) is 0 Å². The lowest BCUT2D eigenvalue weighted by molar-refractivity contribution is -0.624. The average molecular weight is 240 g/mol. The van der Waals surface area contributed by atoms with Crippen molar-refractivity contribution in [2.75, 3.05) is 0 Å². The van der Waals surface area contributed by atoms with Crippen LogP contribution in [0, 0.1) is 11.1 Å². The van der Waals surface area contributed by atoms with E-state index in [2.05, 4.69) is 4.98 Å². The van der Waals surface area contributed by atoms with Crippen molar-refractivity contribution in [3.8, 4) is 0 Å². The number of nitrogens with zero attached hydrogens (tertiary/aromatic N) is 1. The molecule has 0 aliphatic rings. The molecule has 0 radical (unpaired) electrons. The second-order valence-electron chi connectivity index (χ2n) is 4.27. The molecule has 0 aliphatic heterocycles. The zero-order valence-electron chi connectivity index (χ0n) is 10.1. The van der Waals surface area contributed by atoms with Crippen LogP contribution in [0.4, 0.5) is 0 Å². The predicted molar refractivity (Wildman–Crippen MR) is 60.9 cm³/mol. The van der Waals surface area contributed by atoms with E-state index in [-0.39, 0.29) is 29.4 Å². The fourth-order valence-electron chi connectivity index (χ4n) is 1.67. The summed E-state index contributed by atoms with van der Waals surface area (Å²) in [5, 5.41) is 20.8. The van der Waals surface area contributed by atoms with E-state index in [4.69, 9.17) is 5.11 Å². The van der Waals surface area contributed by atoms with Gasteiger partial charge >= 0.3 is 11.5 Å². The second-order valence-corrected chi connectivity index (χ2v) is 4.27. The highest BCUT2D eigenvalue weighted by atomic mass is 16.5. The third-order valence-electron chi connectivity index (χ3n) is 2.43. The van der Waals surface area contributed by atoms with E-state index in [1.54, 1.807) is 6.92 Å². The SMILES string of the molecule is CCc1c(C(=O)O)[nH]c(=O)c(CC(C)C)[n+]1[O-]. The van der Waals surface area contributed by atoms with Gasteiger partial charge in [0, 0.05) is 12.8 Å². The topological polar surface area (TPSA) is 97.1 Å². The Bertz CT molecular complexity index is 491. The van der Waals surface area contributed by atoms with Crippen LogP contribution in [0.2, 0.25) is 0 Å². The Morgan fingerprint density at radius 3 is 2.47 bits per heavy atom. The van der Waals surface area contributed by atoms with Gasteiger partial charge in [-0.3, -0.25) is 4.79 Å². The Labute approximate surface area is 98.5 Å². The van der Waals surface area contributed by atoms with Gasteiger partial charge in [0.05, 0.1) is 0 Å². The normalized spacial score (nSPS) is 10.8. The molecule has 0 spiro atoms. The lowest BCUT2D eigenvalue weighted by Gasteiger charge is -2.10. The van der Waals surface area contributed by atoms with Crippen molar-refractivity contribution >= 4 is 5.97 Å². The number of carboxylic acid groups (broad SMARTS) is 1. The monoisotopic (exact) mass is 240 g/mol. The number of carboxylic acids is 1. The van der Waals surface area contributed by atoms with E-state index < -0.39 is 11.5 Å². The van der Waals surface area contributed by atoms with Crippen LogP contribution in [0.5, 0.6) is 0 Å². The van der Waals surface area contributed by atoms with Crippen LogP contribution in [0.1, 0.15) is 42.6 Å². The minimum atomic E-state index is -1.29. The number of hydrogen-bond acceptors (Lipinski definition) is 3. The zero-order chi connectivity index (χ0) is 13.2. The molecule has 94 valence electrons. The number of hydrogen-bond donors (Lipinski definition) is 2. The number of aromatic carboxylic acids is 1. The van der Waals surface area contributed by atoms with E-state index in [0.717, 1.165) is 0 Å². The van der Waals surface area contributed by atoms with Crippen LogP contribution in [-0.2, 0) is 12.8 Å². The molecule has 0 fully saturated rings. The summed E-state index contributed by atoms with van der Waals surface area (Å²) in [6, 6.07) is 0. The maximum atomic E-state index is 11.9. The number of nitrogens with one attached hydrogen (secondary N) is 1. The van der Waals surface area contributed by atoms with Crippen LogP contribution >= 0.6 is 0 Å². The molecule has 17 heavy (non-hydrogen) atoms. The van der Waals surface area contributed by atoms with Crippen LogP contribution in [-0.4, -0.2) is 16.1 Å². The summed E-state index contributed by atoms with van der Waals surface area (Å²) < 4.78 is 0.461. The van der Waals surface area contributed by atoms with Gasteiger partial charge in [0.1, 0.15) is 0 Å². The smallest absolute Gasteiger partial charge is 0.359 e. The van der Waals surface area contributed by atoms with Gasteiger partial charge in [-0.1, -0.05) is 20.8 Å². The van der Waals surface area contributed by atoms with Gasteiger partial charge in [0.15, 0.2) is 5.69 Å². The minimum absolute atomic E-state index is 0.0712. The van der Waals surface area contributed by atoms with E-state index in [1.807, 2.05) is 13.8 Å². The van der Waals surface area contributed by atoms with Crippen LogP contribution in [0.3, 0.4) is 0 Å². The molecular weight excluding hydrogens is 224 g/mol. The van der Waals surface area contributed by atoms with Crippen LogP contribution in [0.25, 0.3) is 0 Å². The van der Waals surface area contributed by atoms with Crippen LogP contribution in [0.15, 0.2) is 4.79 Å². The summed E-state index contributed by atoms with van der Waals surface area (Å²) in [7, 11) is 0. The molecule has 0 bridgehead atoms. The summed E-state index contributed by atoms with van der Waals surface area (Å²) in [5.74, 6) is -1.14. The zero-order valence-corrected chi connectivity index (χ0v) is 10.1. The Morgan fingerprint density at radius 2 is 2.06 bits per heavy atom. The van der Waals surface area contributed by atoms with Crippen molar-refractivity contribution in [1.82, 2.24) is 4.98 Å². The van der Waals surface area contributed by atoms with Gasteiger partial charge < -0.3 is 15.3 Å². The third kappa shape index (κ3) is 2.64. The minimum Gasteiger partial charge on any atom is -0.618 e. The first-order valence-corrected chi connectivity index (χ1v) is 5.49. The summed E-state index contributed by atoms with van der Waals surface area (Å²) in [6.07, 6.45) is 0.582. The highest BCUT2D eigenvalue weighted by molar-refractivity contribution is 5.86. The number of aromatic nitrogens is 2. The number of H-pyrrole nitrogens is 1. The summed E-state index contributed by atoms with van der Waals surface area (Å²) >= 11 is 0. The van der Waals surface area contributed by atoms with Gasteiger partial charge in [0.2, 0.25) is 5.69 Å². The molecule has 6 heteroatoms. The first-order valence-electron chi connectivity index (χ1n) is 5.49. The fraction of sp³-hybridized carbons (Fsp3) is 0.545. The number of carbonyl (C=O) groups is 1. The maximum absolute atomic E-state index is 11.9. The summed E-state index contributed by atoms with van der Waals surface area (Å²) in [4.78, 5) is 24.8. The molecule has 0 atom stereocenters. The van der Waals surface area contributed by atoms with Crippen molar-refractivity contribution in [2.45, 2.75) is 33.6 Å². The molecule has 1 rings (SSSR count).